The smallest absolute Gasteiger partial charge is 0.225 e. The predicted molar refractivity (Wildman–Crippen MR) is 109 cm³/mol. The molecule has 2 saturated heterocycles. The summed E-state index contributed by atoms with van der Waals surface area (Å²) >= 11 is 0. The number of carbonyl (C=O) groups excluding carboxylic acids is 1. The first-order valence-electron chi connectivity index (χ1n) is 10.7. The number of amides is 1. The summed E-state index contributed by atoms with van der Waals surface area (Å²) in [6.45, 7) is 9.22. The van der Waals surface area contributed by atoms with Gasteiger partial charge in [0.15, 0.2) is 0 Å². The lowest BCUT2D eigenvalue weighted by Gasteiger charge is -2.31. The van der Waals surface area contributed by atoms with E-state index in [4.69, 9.17) is 0 Å². The fourth-order valence-electron chi connectivity index (χ4n) is 4.20. The molecule has 27 heavy (non-hydrogen) atoms. The Morgan fingerprint density at radius 2 is 1.89 bits per heavy atom. The summed E-state index contributed by atoms with van der Waals surface area (Å²) in [6.07, 6.45) is 9.98. The number of likely N-dealkylation sites (tertiary alicyclic amines) is 1. The second-order valence-corrected chi connectivity index (χ2v) is 8.14. The maximum Gasteiger partial charge on any atom is 0.225 e. The first-order chi connectivity index (χ1) is 13.1. The Bertz CT molecular complexity index is 592. The van der Waals surface area contributed by atoms with Crippen LogP contribution in [-0.4, -0.2) is 59.5 Å². The monoisotopic (exact) mass is 373 g/mol. The molecule has 6 heteroatoms. The average Bonchev–Trinajstić information content (AvgIpc) is 2.97. The van der Waals surface area contributed by atoms with E-state index in [0.717, 1.165) is 50.5 Å². The summed E-state index contributed by atoms with van der Waals surface area (Å²) in [5.74, 6) is 1.14. The van der Waals surface area contributed by atoms with Gasteiger partial charge in [-0.05, 0) is 65.1 Å². The third kappa shape index (κ3) is 5.89. The first kappa shape index (κ1) is 20.1. The highest BCUT2D eigenvalue weighted by atomic mass is 16.1. The van der Waals surface area contributed by atoms with Crippen molar-refractivity contribution in [1.29, 1.82) is 0 Å². The Hall–Kier alpha value is -1.69. The summed E-state index contributed by atoms with van der Waals surface area (Å²) in [5, 5.41) is 3.19. The summed E-state index contributed by atoms with van der Waals surface area (Å²) in [6, 6.07) is 2.47. The van der Waals surface area contributed by atoms with E-state index in [1.807, 2.05) is 19.2 Å². The Balaban J connectivity index is 1.37. The first-order valence-corrected chi connectivity index (χ1v) is 10.7. The number of anilines is 1. The molecular formula is C21H35N5O. The van der Waals surface area contributed by atoms with Crippen molar-refractivity contribution in [3.63, 3.8) is 0 Å². The molecule has 0 unspecified atom stereocenters. The van der Waals surface area contributed by atoms with E-state index < -0.39 is 0 Å². The molecular weight excluding hydrogens is 338 g/mol. The Labute approximate surface area is 163 Å². The highest BCUT2D eigenvalue weighted by Gasteiger charge is 2.26. The maximum atomic E-state index is 12.5. The van der Waals surface area contributed by atoms with Crippen LogP contribution in [0.25, 0.3) is 0 Å². The fourth-order valence-corrected chi connectivity index (χ4v) is 4.20. The third-order valence-corrected chi connectivity index (χ3v) is 6.06. The molecule has 0 spiro atoms. The van der Waals surface area contributed by atoms with Gasteiger partial charge in [0.2, 0.25) is 11.9 Å². The van der Waals surface area contributed by atoms with E-state index in [9.17, 15) is 4.79 Å². The largest absolute Gasteiger partial charge is 0.356 e. The fraction of sp³-hybridized carbons (Fsp3) is 0.762. The predicted octanol–water partition coefficient (Wildman–Crippen LogP) is 2.77. The molecule has 1 amide bonds. The number of aromatic nitrogens is 2. The molecule has 0 aromatic carbocycles. The highest BCUT2D eigenvalue weighted by molar-refractivity contribution is 5.78. The van der Waals surface area contributed by atoms with Crippen molar-refractivity contribution in [1.82, 2.24) is 20.2 Å². The van der Waals surface area contributed by atoms with Crippen LogP contribution in [0.15, 0.2) is 12.3 Å². The van der Waals surface area contributed by atoms with Gasteiger partial charge in [0.05, 0.1) is 0 Å². The Morgan fingerprint density at radius 3 is 2.56 bits per heavy atom. The molecule has 1 aromatic heterocycles. The minimum Gasteiger partial charge on any atom is -0.356 e. The van der Waals surface area contributed by atoms with Crippen LogP contribution in [0.3, 0.4) is 0 Å². The molecule has 0 radical (unpaired) electrons. The van der Waals surface area contributed by atoms with Crippen molar-refractivity contribution >= 4 is 11.9 Å². The van der Waals surface area contributed by atoms with Gasteiger partial charge in [-0.2, -0.15) is 0 Å². The lowest BCUT2D eigenvalue weighted by molar-refractivity contribution is -0.125. The van der Waals surface area contributed by atoms with Gasteiger partial charge in [-0.25, -0.2) is 9.97 Å². The molecule has 150 valence electrons. The van der Waals surface area contributed by atoms with E-state index in [1.165, 1.54) is 38.8 Å². The van der Waals surface area contributed by atoms with E-state index in [2.05, 4.69) is 32.0 Å². The standard InChI is InChI=1S/C21H35N5O/c1-17-7-11-23-21(24-17)26-15-9-19(10-16-26)20(27)22-12-8-18(2)25-13-5-3-4-6-14-25/h7,11,18-19H,3-6,8-10,12-16H2,1-2H3,(H,22,27)/t18-/m1/s1. The van der Waals surface area contributed by atoms with Gasteiger partial charge in [0.25, 0.3) is 0 Å². The van der Waals surface area contributed by atoms with Crippen molar-refractivity contribution in [3.8, 4) is 0 Å². The minimum absolute atomic E-state index is 0.125. The zero-order chi connectivity index (χ0) is 19.1. The van der Waals surface area contributed by atoms with Crippen LogP contribution in [0.4, 0.5) is 5.95 Å². The van der Waals surface area contributed by atoms with E-state index >= 15 is 0 Å². The summed E-state index contributed by atoms with van der Waals surface area (Å²) in [4.78, 5) is 26.2. The van der Waals surface area contributed by atoms with Gasteiger partial charge in [-0.1, -0.05) is 12.8 Å². The van der Waals surface area contributed by atoms with Crippen LogP contribution in [0.5, 0.6) is 0 Å². The molecule has 2 aliphatic heterocycles. The molecule has 1 aromatic rings. The maximum absolute atomic E-state index is 12.5. The van der Waals surface area contributed by atoms with Crippen LogP contribution < -0.4 is 10.2 Å². The number of hydrogen-bond acceptors (Lipinski definition) is 5. The van der Waals surface area contributed by atoms with Crippen molar-refractivity contribution in [3.05, 3.63) is 18.0 Å². The summed E-state index contributed by atoms with van der Waals surface area (Å²) < 4.78 is 0. The number of piperidine rings is 1. The zero-order valence-corrected chi connectivity index (χ0v) is 17.0. The van der Waals surface area contributed by atoms with Crippen LogP contribution in [0, 0.1) is 12.8 Å². The van der Waals surface area contributed by atoms with Crippen LogP contribution in [-0.2, 0) is 4.79 Å². The second kappa shape index (κ2) is 10.0. The number of carbonyl (C=O) groups is 1. The molecule has 6 nitrogen and oxygen atoms in total. The molecule has 2 fully saturated rings. The summed E-state index contributed by atoms with van der Waals surface area (Å²) in [5.41, 5.74) is 0.985. The van der Waals surface area contributed by atoms with Gasteiger partial charge in [0, 0.05) is 43.5 Å². The van der Waals surface area contributed by atoms with Gasteiger partial charge in [-0.3, -0.25) is 4.79 Å². The van der Waals surface area contributed by atoms with Crippen molar-refractivity contribution < 1.29 is 4.79 Å². The van der Waals surface area contributed by atoms with Crippen molar-refractivity contribution in [2.24, 2.45) is 5.92 Å². The number of hydrogen-bond donors (Lipinski definition) is 1. The van der Waals surface area contributed by atoms with Crippen molar-refractivity contribution in [2.45, 2.75) is 64.8 Å². The van der Waals surface area contributed by atoms with Crippen LogP contribution >= 0.6 is 0 Å². The topological polar surface area (TPSA) is 61.4 Å². The Morgan fingerprint density at radius 1 is 1.19 bits per heavy atom. The molecule has 3 heterocycles. The molecule has 2 aliphatic rings. The lowest BCUT2D eigenvalue weighted by atomic mass is 9.96. The zero-order valence-electron chi connectivity index (χ0n) is 17.0. The van der Waals surface area contributed by atoms with Gasteiger partial charge in [-0.15, -0.1) is 0 Å². The van der Waals surface area contributed by atoms with E-state index in [-0.39, 0.29) is 11.8 Å². The number of nitrogens with zero attached hydrogens (tertiary/aromatic N) is 4. The molecule has 1 N–H and O–H groups in total. The number of aryl methyl sites for hydroxylation is 1. The second-order valence-electron chi connectivity index (χ2n) is 8.14. The van der Waals surface area contributed by atoms with Gasteiger partial charge < -0.3 is 15.1 Å². The SMILES string of the molecule is Cc1ccnc(N2CCC(C(=O)NCC[C@@H](C)N3CCCCCC3)CC2)n1. The van der Waals surface area contributed by atoms with E-state index in [0.29, 0.717) is 6.04 Å². The number of nitrogens with one attached hydrogen (secondary N) is 1. The van der Waals surface area contributed by atoms with Crippen LogP contribution in [0.2, 0.25) is 0 Å². The quantitative estimate of drug-likeness (QED) is 0.831. The van der Waals surface area contributed by atoms with E-state index in [1.54, 1.807) is 0 Å². The van der Waals surface area contributed by atoms with Crippen LogP contribution in [0.1, 0.15) is 57.6 Å². The normalized spacial score (nSPS) is 20.9. The van der Waals surface area contributed by atoms with Crippen molar-refractivity contribution in [2.75, 3.05) is 37.6 Å². The number of rotatable bonds is 6. The minimum atomic E-state index is 0.125. The third-order valence-electron chi connectivity index (χ3n) is 6.06. The highest BCUT2D eigenvalue weighted by Crippen LogP contribution is 2.21. The lowest BCUT2D eigenvalue weighted by Crippen LogP contribution is -2.42. The Kier molecular flexibility index (Phi) is 7.44. The summed E-state index contributed by atoms with van der Waals surface area (Å²) in [7, 11) is 0. The molecule has 1 atom stereocenters. The molecule has 0 saturated carbocycles. The molecule has 0 bridgehead atoms. The molecule has 0 aliphatic carbocycles. The van der Waals surface area contributed by atoms with Gasteiger partial charge in [0.1, 0.15) is 0 Å². The average molecular weight is 374 g/mol. The van der Waals surface area contributed by atoms with Gasteiger partial charge >= 0.3 is 0 Å². The molecule has 3 rings (SSSR count).